The molecule has 0 saturated carbocycles. The Hall–Kier alpha value is -0.810. The molecule has 1 aliphatic heterocycles. The van der Waals surface area contributed by atoms with Crippen LogP contribution in [0.2, 0.25) is 0 Å². The molecule has 1 heterocycles. The highest BCUT2D eigenvalue weighted by molar-refractivity contribution is 9.10. The van der Waals surface area contributed by atoms with Crippen molar-refractivity contribution in [3.8, 4) is 11.5 Å². The number of methoxy groups -OCH3 is 1. The summed E-state index contributed by atoms with van der Waals surface area (Å²) in [6.07, 6.45) is 3.08. The Morgan fingerprint density at radius 3 is 2.88 bits per heavy atom. The van der Waals surface area contributed by atoms with Gasteiger partial charge in [-0.2, -0.15) is 0 Å². The van der Waals surface area contributed by atoms with Crippen LogP contribution in [0.5, 0.6) is 11.5 Å². The highest BCUT2D eigenvalue weighted by atomic mass is 79.9. The summed E-state index contributed by atoms with van der Waals surface area (Å²) in [5, 5.41) is 12.9. The zero-order chi connectivity index (χ0) is 12.4. The highest BCUT2D eigenvalue weighted by Gasteiger charge is 2.25. The van der Waals surface area contributed by atoms with E-state index in [1.54, 1.807) is 0 Å². The fourth-order valence-corrected chi connectivity index (χ4v) is 3.05. The maximum atomic E-state index is 13.9. The molecule has 1 aromatic rings. The van der Waals surface area contributed by atoms with E-state index >= 15 is 0 Å². The quantitative estimate of drug-likeness (QED) is 0.882. The number of halogens is 2. The van der Waals surface area contributed by atoms with Crippen LogP contribution >= 0.6 is 15.9 Å². The molecule has 0 bridgehead atoms. The van der Waals surface area contributed by atoms with E-state index in [4.69, 9.17) is 4.74 Å². The summed E-state index contributed by atoms with van der Waals surface area (Å²) in [6, 6.07) is 1.09. The molecule has 0 aromatic heterocycles. The molecule has 1 unspecified atom stereocenters. The lowest BCUT2D eigenvalue weighted by atomic mass is 9.96. The zero-order valence-electron chi connectivity index (χ0n) is 9.59. The van der Waals surface area contributed by atoms with Crippen LogP contribution in [0.25, 0.3) is 0 Å². The number of ether oxygens (including phenoxy) is 1. The van der Waals surface area contributed by atoms with Crippen molar-refractivity contribution in [3.63, 3.8) is 0 Å². The number of phenols is 1. The van der Waals surface area contributed by atoms with E-state index in [1.165, 1.54) is 7.11 Å². The van der Waals surface area contributed by atoms with Crippen LogP contribution in [0.1, 0.15) is 30.9 Å². The largest absolute Gasteiger partial charge is 0.504 e. The van der Waals surface area contributed by atoms with Crippen molar-refractivity contribution in [2.45, 2.75) is 25.3 Å². The minimum Gasteiger partial charge on any atom is -0.504 e. The first-order chi connectivity index (χ1) is 8.15. The summed E-state index contributed by atoms with van der Waals surface area (Å²) >= 11 is 3.31. The normalized spacial score (nSPS) is 20.3. The minimum absolute atomic E-state index is 0.0207. The lowest BCUT2D eigenvalue weighted by Gasteiger charge is -2.26. The molecule has 0 radical (unpaired) electrons. The van der Waals surface area contributed by atoms with Crippen molar-refractivity contribution in [2.24, 2.45) is 0 Å². The molecule has 1 atom stereocenters. The van der Waals surface area contributed by atoms with E-state index in [0.717, 1.165) is 31.9 Å². The molecule has 94 valence electrons. The van der Waals surface area contributed by atoms with E-state index in [-0.39, 0.29) is 17.5 Å². The number of rotatable bonds is 2. The molecule has 1 saturated heterocycles. The molecule has 0 spiro atoms. The van der Waals surface area contributed by atoms with Crippen LogP contribution in [0, 0.1) is 5.82 Å². The van der Waals surface area contributed by atoms with Gasteiger partial charge in [0.2, 0.25) is 0 Å². The maximum absolute atomic E-state index is 13.9. The Morgan fingerprint density at radius 2 is 2.29 bits per heavy atom. The van der Waals surface area contributed by atoms with Gasteiger partial charge < -0.3 is 15.2 Å². The van der Waals surface area contributed by atoms with E-state index < -0.39 is 5.82 Å². The number of aromatic hydroxyl groups is 1. The van der Waals surface area contributed by atoms with Crippen molar-refractivity contribution in [2.75, 3.05) is 13.7 Å². The standard InChI is InChI=1S/C12H15BrFNO2/c1-17-12-9(16)6-7(14)10(11(12)13)8-4-2-3-5-15-8/h6,8,15-16H,2-5H2,1H3. The SMILES string of the molecule is COc1c(O)cc(F)c(C2CCCCN2)c1Br. The molecule has 1 aromatic carbocycles. The topological polar surface area (TPSA) is 41.5 Å². The van der Waals surface area contributed by atoms with Gasteiger partial charge in [-0.25, -0.2) is 4.39 Å². The third kappa shape index (κ3) is 2.40. The van der Waals surface area contributed by atoms with Crippen molar-refractivity contribution >= 4 is 15.9 Å². The highest BCUT2D eigenvalue weighted by Crippen LogP contribution is 2.42. The molecule has 0 aliphatic carbocycles. The molecule has 2 rings (SSSR count). The van der Waals surface area contributed by atoms with Gasteiger partial charge in [0.1, 0.15) is 5.82 Å². The maximum Gasteiger partial charge on any atom is 0.175 e. The first-order valence-electron chi connectivity index (χ1n) is 5.63. The second-order valence-corrected chi connectivity index (χ2v) is 4.93. The fraction of sp³-hybridized carbons (Fsp3) is 0.500. The van der Waals surface area contributed by atoms with E-state index in [0.29, 0.717) is 10.0 Å². The van der Waals surface area contributed by atoms with Gasteiger partial charge in [0, 0.05) is 17.7 Å². The summed E-state index contributed by atoms with van der Waals surface area (Å²) in [6.45, 7) is 0.889. The lowest BCUT2D eigenvalue weighted by Crippen LogP contribution is -2.27. The number of nitrogens with one attached hydrogen (secondary N) is 1. The van der Waals surface area contributed by atoms with Crippen LogP contribution in [0.4, 0.5) is 4.39 Å². The average molecular weight is 304 g/mol. The predicted octanol–water partition coefficient (Wildman–Crippen LogP) is 3.12. The third-order valence-electron chi connectivity index (χ3n) is 3.05. The van der Waals surface area contributed by atoms with E-state index in [2.05, 4.69) is 21.2 Å². The van der Waals surface area contributed by atoms with Gasteiger partial charge in [0.15, 0.2) is 11.5 Å². The van der Waals surface area contributed by atoms with Gasteiger partial charge >= 0.3 is 0 Å². The molecular weight excluding hydrogens is 289 g/mol. The minimum atomic E-state index is -0.408. The Morgan fingerprint density at radius 1 is 1.53 bits per heavy atom. The van der Waals surface area contributed by atoms with E-state index in [1.807, 2.05) is 0 Å². The van der Waals surface area contributed by atoms with Crippen LogP contribution < -0.4 is 10.1 Å². The van der Waals surface area contributed by atoms with Crippen LogP contribution in [0.3, 0.4) is 0 Å². The Bertz CT molecular complexity index is 419. The molecule has 2 N–H and O–H groups in total. The summed E-state index contributed by atoms with van der Waals surface area (Å²) in [4.78, 5) is 0. The van der Waals surface area contributed by atoms with Crippen molar-refractivity contribution in [1.29, 1.82) is 0 Å². The summed E-state index contributed by atoms with van der Waals surface area (Å²) in [7, 11) is 1.45. The molecule has 1 aliphatic rings. The van der Waals surface area contributed by atoms with Gasteiger partial charge in [0.05, 0.1) is 11.6 Å². The predicted molar refractivity (Wildman–Crippen MR) is 66.9 cm³/mol. The average Bonchev–Trinajstić information content (AvgIpc) is 2.30. The number of hydrogen-bond donors (Lipinski definition) is 2. The van der Waals surface area contributed by atoms with Gasteiger partial charge in [-0.15, -0.1) is 0 Å². The second-order valence-electron chi connectivity index (χ2n) is 4.14. The number of phenolic OH excluding ortho intramolecular Hbond substituents is 1. The summed E-state index contributed by atoms with van der Waals surface area (Å²) < 4.78 is 19.5. The third-order valence-corrected chi connectivity index (χ3v) is 3.84. The monoisotopic (exact) mass is 303 g/mol. The Labute approximate surface area is 108 Å². The molecule has 17 heavy (non-hydrogen) atoms. The number of piperidine rings is 1. The van der Waals surface area contributed by atoms with Gasteiger partial charge in [0.25, 0.3) is 0 Å². The van der Waals surface area contributed by atoms with Crippen molar-refractivity contribution < 1.29 is 14.2 Å². The molecule has 5 heteroatoms. The first kappa shape index (κ1) is 12.6. The van der Waals surface area contributed by atoms with E-state index in [9.17, 15) is 9.50 Å². The van der Waals surface area contributed by atoms with Gasteiger partial charge in [-0.3, -0.25) is 0 Å². The van der Waals surface area contributed by atoms with Gasteiger partial charge in [-0.05, 0) is 35.3 Å². The summed E-state index contributed by atoms with van der Waals surface area (Å²) in [5.41, 5.74) is 0.541. The molecule has 1 fully saturated rings. The Balaban J connectivity index is 2.44. The fourth-order valence-electron chi connectivity index (χ4n) is 2.21. The zero-order valence-corrected chi connectivity index (χ0v) is 11.2. The first-order valence-corrected chi connectivity index (χ1v) is 6.42. The van der Waals surface area contributed by atoms with Gasteiger partial charge in [-0.1, -0.05) is 6.42 Å². The molecular formula is C12H15BrFNO2. The van der Waals surface area contributed by atoms with Crippen LogP contribution in [-0.4, -0.2) is 18.8 Å². The summed E-state index contributed by atoms with van der Waals surface area (Å²) in [5.74, 6) is -0.306. The van der Waals surface area contributed by atoms with Crippen LogP contribution in [0.15, 0.2) is 10.5 Å². The molecule has 3 nitrogen and oxygen atoms in total. The van der Waals surface area contributed by atoms with Crippen molar-refractivity contribution in [3.05, 3.63) is 21.9 Å². The molecule has 0 amide bonds. The lowest BCUT2D eigenvalue weighted by molar-refractivity contribution is 0.358. The second kappa shape index (κ2) is 5.23. The van der Waals surface area contributed by atoms with Crippen LogP contribution in [-0.2, 0) is 0 Å². The smallest absolute Gasteiger partial charge is 0.175 e. The number of hydrogen-bond acceptors (Lipinski definition) is 3. The number of benzene rings is 1. The van der Waals surface area contributed by atoms with Crippen molar-refractivity contribution in [1.82, 2.24) is 5.32 Å². The Kier molecular flexibility index (Phi) is 3.89.